The number of hydrogen-bond donors (Lipinski definition) is 1. The third-order valence-electron chi connectivity index (χ3n) is 3.25. The van der Waals surface area contributed by atoms with E-state index in [-0.39, 0.29) is 11.8 Å². The average Bonchev–Trinajstić information content (AvgIpc) is 3.00. The van der Waals surface area contributed by atoms with Gasteiger partial charge >= 0.3 is 0 Å². The van der Waals surface area contributed by atoms with E-state index < -0.39 is 0 Å². The Morgan fingerprint density at radius 3 is 3.00 bits per heavy atom. The van der Waals surface area contributed by atoms with Gasteiger partial charge in [0.1, 0.15) is 0 Å². The van der Waals surface area contributed by atoms with Crippen LogP contribution in [0.1, 0.15) is 17.9 Å². The summed E-state index contributed by atoms with van der Waals surface area (Å²) in [6.45, 7) is 0.818. The van der Waals surface area contributed by atoms with Crippen LogP contribution >= 0.6 is 27.7 Å². The molecule has 1 amide bonds. The zero-order valence-corrected chi connectivity index (χ0v) is 12.1. The summed E-state index contributed by atoms with van der Waals surface area (Å²) in [6, 6.07) is 8.13. The Labute approximate surface area is 119 Å². The second-order valence-corrected chi connectivity index (χ2v) is 6.43. The number of aliphatic imine (C=N–C) groups is 1. The minimum atomic E-state index is 0.104. The molecule has 0 saturated heterocycles. The molecule has 1 aliphatic heterocycles. The number of carbonyl (C=O) groups is 1. The van der Waals surface area contributed by atoms with E-state index in [4.69, 9.17) is 0 Å². The normalized spacial score (nSPS) is 25.7. The van der Waals surface area contributed by atoms with Gasteiger partial charge in [-0.3, -0.25) is 9.79 Å². The van der Waals surface area contributed by atoms with Gasteiger partial charge in [-0.25, -0.2) is 0 Å². The fourth-order valence-corrected chi connectivity index (χ4v) is 3.52. The Balaban J connectivity index is 1.63. The van der Waals surface area contributed by atoms with Crippen molar-refractivity contribution in [2.45, 2.75) is 12.3 Å². The van der Waals surface area contributed by atoms with Gasteiger partial charge in [0.15, 0.2) is 5.17 Å². The first-order chi connectivity index (χ1) is 8.75. The van der Waals surface area contributed by atoms with Gasteiger partial charge in [0.2, 0.25) is 5.91 Å². The lowest BCUT2D eigenvalue weighted by molar-refractivity contribution is -0.120. The largest absolute Gasteiger partial charge is 0.305 e. The van der Waals surface area contributed by atoms with Crippen LogP contribution < -0.4 is 5.32 Å². The van der Waals surface area contributed by atoms with E-state index >= 15 is 0 Å². The zero-order valence-electron chi connectivity index (χ0n) is 9.73. The Kier molecular flexibility index (Phi) is 3.43. The second-order valence-electron chi connectivity index (χ2n) is 4.49. The van der Waals surface area contributed by atoms with Gasteiger partial charge in [0.05, 0.1) is 6.54 Å². The molecule has 0 spiro atoms. The lowest BCUT2D eigenvalue weighted by Crippen LogP contribution is -2.29. The van der Waals surface area contributed by atoms with Gasteiger partial charge < -0.3 is 5.32 Å². The van der Waals surface area contributed by atoms with E-state index in [2.05, 4.69) is 32.3 Å². The lowest BCUT2D eigenvalue weighted by Gasteiger charge is -2.05. The van der Waals surface area contributed by atoms with Crippen molar-refractivity contribution in [2.24, 2.45) is 10.9 Å². The summed E-state index contributed by atoms with van der Waals surface area (Å²) in [7, 11) is 0. The number of thioether (sulfide) groups is 1. The Morgan fingerprint density at radius 1 is 1.44 bits per heavy atom. The summed E-state index contributed by atoms with van der Waals surface area (Å²) >= 11 is 5.17. The molecule has 1 saturated carbocycles. The smallest absolute Gasteiger partial charge is 0.229 e. The SMILES string of the molecule is O=C(NC1=NCCS1)C1CC1c1ccccc1Br. The van der Waals surface area contributed by atoms with Crippen molar-refractivity contribution >= 4 is 38.8 Å². The van der Waals surface area contributed by atoms with E-state index in [0.717, 1.165) is 28.4 Å². The summed E-state index contributed by atoms with van der Waals surface area (Å²) < 4.78 is 1.10. The third-order valence-corrected chi connectivity index (χ3v) is 4.86. The van der Waals surface area contributed by atoms with Gasteiger partial charge in [-0.1, -0.05) is 45.9 Å². The average molecular weight is 325 g/mol. The molecule has 18 heavy (non-hydrogen) atoms. The van der Waals surface area contributed by atoms with Crippen LogP contribution in [0.2, 0.25) is 0 Å². The van der Waals surface area contributed by atoms with Gasteiger partial charge in [-0.05, 0) is 24.0 Å². The van der Waals surface area contributed by atoms with Crippen molar-refractivity contribution in [3.05, 3.63) is 34.3 Å². The Morgan fingerprint density at radius 2 is 2.28 bits per heavy atom. The summed E-state index contributed by atoms with van der Waals surface area (Å²) in [6.07, 6.45) is 0.937. The van der Waals surface area contributed by atoms with E-state index in [1.807, 2.05) is 18.2 Å². The summed E-state index contributed by atoms with van der Waals surface area (Å²) in [5.74, 6) is 1.55. The maximum Gasteiger partial charge on any atom is 0.229 e. The molecule has 1 heterocycles. The molecule has 3 nitrogen and oxygen atoms in total. The number of nitrogens with one attached hydrogen (secondary N) is 1. The molecule has 0 aromatic heterocycles. The number of rotatable bonds is 2. The summed E-state index contributed by atoms with van der Waals surface area (Å²) in [4.78, 5) is 16.3. The van der Waals surface area contributed by atoms with Gasteiger partial charge in [-0.15, -0.1) is 0 Å². The van der Waals surface area contributed by atoms with Gasteiger partial charge in [0, 0.05) is 16.1 Å². The van der Waals surface area contributed by atoms with Crippen molar-refractivity contribution in [3.8, 4) is 0 Å². The maximum absolute atomic E-state index is 12.0. The molecule has 1 fully saturated rings. The second kappa shape index (κ2) is 5.05. The third kappa shape index (κ3) is 2.47. The molecule has 0 bridgehead atoms. The van der Waals surface area contributed by atoms with E-state index in [0.29, 0.717) is 5.92 Å². The van der Waals surface area contributed by atoms with Crippen molar-refractivity contribution in [1.29, 1.82) is 0 Å². The minimum absolute atomic E-state index is 0.104. The van der Waals surface area contributed by atoms with E-state index in [1.165, 1.54) is 5.56 Å². The molecule has 3 rings (SSSR count). The van der Waals surface area contributed by atoms with Crippen LogP contribution in [-0.4, -0.2) is 23.4 Å². The van der Waals surface area contributed by atoms with E-state index in [1.54, 1.807) is 11.8 Å². The number of benzene rings is 1. The number of halogens is 1. The molecule has 2 aliphatic rings. The highest BCUT2D eigenvalue weighted by atomic mass is 79.9. The van der Waals surface area contributed by atoms with Crippen LogP contribution in [0.4, 0.5) is 0 Å². The molecule has 1 aromatic carbocycles. The topological polar surface area (TPSA) is 41.5 Å². The fraction of sp³-hybridized carbons (Fsp3) is 0.385. The molecule has 1 aromatic rings. The fourth-order valence-electron chi connectivity index (χ4n) is 2.21. The molecule has 2 unspecified atom stereocenters. The first-order valence-electron chi connectivity index (χ1n) is 5.98. The maximum atomic E-state index is 12.0. The van der Waals surface area contributed by atoms with Crippen LogP contribution in [0, 0.1) is 5.92 Å². The highest BCUT2D eigenvalue weighted by Crippen LogP contribution is 2.49. The van der Waals surface area contributed by atoms with Crippen LogP contribution in [-0.2, 0) is 4.79 Å². The quantitative estimate of drug-likeness (QED) is 0.908. The van der Waals surface area contributed by atoms with E-state index in [9.17, 15) is 4.79 Å². The molecule has 94 valence electrons. The van der Waals surface area contributed by atoms with Crippen molar-refractivity contribution < 1.29 is 4.79 Å². The first-order valence-corrected chi connectivity index (χ1v) is 7.76. The first kappa shape index (κ1) is 12.2. The Bertz CT molecular complexity index is 517. The lowest BCUT2D eigenvalue weighted by atomic mass is 10.1. The standard InChI is InChI=1S/C13H13BrN2OS/c14-11-4-2-1-3-8(11)9-7-10(9)12(17)16-13-15-5-6-18-13/h1-4,9-10H,5-7H2,(H,15,16,17). The van der Waals surface area contributed by atoms with Crippen LogP contribution in [0.25, 0.3) is 0 Å². The molecular formula is C13H13BrN2OS. The number of hydrogen-bond acceptors (Lipinski definition) is 3. The van der Waals surface area contributed by atoms with Crippen molar-refractivity contribution in [3.63, 3.8) is 0 Å². The van der Waals surface area contributed by atoms with Gasteiger partial charge in [0.25, 0.3) is 0 Å². The molecule has 1 aliphatic carbocycles. The zero-order chi connectivity index (χ0) is 12.5. The predicted octanol–water partition coefficient (Wildman–Crippen LogP) is 2.77. The Hall–Kier alpha value is -0.810. The van der Waals surface area contributed by atoms with Crippen LogP contribution in [0.3, 0.4) is 0 Å². The molecule has 0 radical (unpaired) electrons. The molecule has 2 atom stereocenters. The monoisotopic (exact) mass is 324 g/mol. The van der Waals surface area contributed by atoms with Crippen molar-refractivity contribution in [2.75, 3.05) is 12.3 Å². The molecule has 1 N–H and O–H groups in total. The highest BCUT2D eigenvalue weighted by Gasteiger charge is 2.45. The van der Waals surface area contributed by atoms with Crippen LogP contribution in [0.15, 0.2) is 33.7 Å². The van der Waals surface area contributed by atoms with Gasteiger partial charge in [-0.2, -0.15) is 0 Å². The molecular weight excluding hydrogens is 312 g/mol. The number of amidine groups is 1. The predicted molar refractivity (Wildman–Crippen MR) is 77.9 cm³/mol. The summed E-state index contributed by atoms with van der Waals surface area (Å²) in [5.41, 5.74) is 1.23. The highest BCUT2D eigenvalue weighted by molar-refractivity contribution is 9.10. The number of nitrogens with zero attached hydrogens (tertiary/aromatic N) is 1. The van der Waals surface area contributed by atoms with Crippen LogP contribution in [0.5, 0.6) is 0 Å². The summed E-state index contributed by atoms with van der Waals surface area (Å²) in [5, 5.41) is 3.71. The van der Waals surface area contributed by atoms with Crippen molar-refractivity contribution in [1.82, 2.24) is 5.32 Å². The number of carbonyl (C=O) groups excluding carboxylic acids is 1. The number of amides is 1. The molecule has 5 heteroatoms. The minimum Gasteiger partial charge on any atom is -0.305 e.